The molecule has 0 aliphatic heterocycles. The Hall–Kier alpha value is -3.05. The second-order valence-corrected chi connectivity index (χ2v) is 7.74. The molecule has 0 saturated heterocycles. The van der Waals surface area contributed by atoms with Crippen LogP contribution < -0.4 is 16.0 Å². The average molecular weight is 434 g/mol. The Bertz CT molecular complexity index is 1210. The molecule has 2 heterocycles. The first kappa shape index (κ1) is 21.7. The lowest BCUT2D eigenvalue weighted by Gasteiger charge is -2.16. The number of carboxylic acid groups (broad SMARTS) is 1. The van der Waals surface area contributed by atoms with E-state index in [4.69, 9.17) is 9.84 Å². The van der Waals surface area contributed by atoms with Crippen LogP contribution in [0.25, 0.3) is 11.2 Å². The lowest BCUT2D eigenvalue weighted by atomic mass is 10.2. The Morgan fingerprint density at radius 1 is 1.23 bits per heavy atom. The molecule has 0 aliphatic rings. The third kappa shape index (κ3) is 4.26. The largest absolute Gasteiger partial charge is 0.491 e. The molecule has 1 unspecified atom stereocenters. The molecule has 0 bridgehead atoms. The van der Waals surface area contributed by atoms with E-state index in [1.165, 1.54) is 23.2 Å². The molecular weight excluding hydrogens is 412 g/mol. The highest BCUT2D eigenvalue weighted by molar-refractivity contribution is 7.99. The Morgan fingerprint density at radius 3 is 2.60 bits per heavy atom. The maximum atomic E-state index is 12.7. The molecule has 1 atom stereocenters. The Labute approximate surface area is 175 Å². The van der Waals surface area contributed by atoms with Gasteiger partial charge in [-0.2, -0.15) is 0 Å². The summed E-state index contributed by atoms with van der Waals surface area (Å²) in [6, 6.07) is 7.37. The predicted molar refractivity (Wildman–Crippen MR) is 111 cm³/mol. The molecule has 1 aromatic carbocycles. The van der Waals surface area contributed by atoms with Crippen LogP contribution in [0.2, 0.25) is 0 Å². The smallest absolute Gasteiger partial charge is 0.332 e. The van der Waals surface area contributed by atoms with E-state index in [0.29, 0.717) is 5.75 Å². The first-order chi connectivity index (χ1) is 14.2. The highest BCUT2D eigenvalue weighted by Gasteiger charge is 2.22. The number of aliphatic hydroxyl groups excluding tert-OH is 1. The Balaban J connectivity index is 1.96. The van der Waals surface area contributed by atoms with Gasteiger partial charge < -0.3 is 19.5 Å². The molecule has 0 fully saturated rings. The van der Waals surface area contributed by atoms with Crippen molar-refractivity contribution in [3.8, 4) is 5.75 Å². The molecule has 3 aromatic rings. The number of rotatable bonds is 8. The van der Waals surface area contributed by atoms with Crippen LogP contribution >= 0.6 is 11.8 Å². The zero-order chi connectivity index (χ0) is 22.0. The van der Waals surface area contributed by atoms with E-state index in [2.05, 4.69) is 4.98 Å². The molecule has 10 nitrogen and oxygen atoms in total. The van der Waals surface area contributed by atoms with Gasteiger partial charge in [0.15, 0.2) is 16.3 Å². The van der Waals surface area contributed by atoms with Gasteiger partial charge >= 0.3 is 11.7 Å². The van der Waals surface area contributed by atoms with Gasteiger partial charge in [-0.05, 0) is 18.6 Å². The predicted octanol–water partition coefficient (Wildman–Crippen LogP) is 0.359. The number of benzene rings is 1. The van der Waals surface area contributed by atoms with Crippen LogP contribution in [0.15, 0.2) is 39.0 Å². The number of aliphatic carboxylic acids is 1. The molecule has 0 aliphatic carbocycles. The number of carbonyl (C=O) groups is 1. The van der Waals surface area contributed by atoms with Crippen molar-refractivity contribution in [3.05, 3.63) is 50.7 Å². The van der Waals surface area contributed by atoms with Crippen LogP contribution in [-0.2, 0) is 25.4 Å². The van der Waals surface area contributed by atoms with Gasteiger partial charge in [0.25, 0.3) is 5.56 Å². The molecule has 0 radical (unpaired) electrons. The maximum Gasteiger partial charge on any atom is 0.332 e. The van der Waals surface area contributed by atoms with Crippen molar-refractivity contribution in [2.75, 3.05) is 12.4 Å². The third-order valence-electron chi connectivity index (χ3n) is 4.56. The lowest BCUT2D eigenvalue weighted by molar-refractivity contribution is -0.133. The van der Waals surface area contributed by atoms with Gasteiger partial charge in [0.2, 0.25) is 0 Å². The number of carboxylic acids is 1. The minimum Gasteiger partial charge on any atom is -0.491 e. The second kappa shape index (κ2) is 8.76. The number of para-hydroxylation sites is 1. The van der Waals surface area contributed by atoms with Crippen molar-refractivity contribution in [2.45, 2.75) is 24.7 Å². The number of aliphatic hydroxyl groups is 1. The monoisotopic (exact) mass is 434 g/mol. The summed E-state index contributed by atoms with van der Waals surface area (Å²) in [7, 11) is 2.83. The minimum atomic E-state index is -1.05. The van der Waals surface area contributed by atoms with E-state index in [1.54, 1.807) is 6.07 Å². The second-order valence-electron chi connectivity index (χ2n) is 6.80. The fourth-order valence-electron chi connectivity index (χ4n) is 3.00. The summed E-state index contributed by atoms with van der Waals surface area (Å²) in [6.07, 6.45) is -1.01. The molecule has 0 amide bonds. The van der Waals surface area contributed by atoms with E-state index < -0.39 is 23.3 Å². The number of aromatic nitrogens is 4. The van der Waals surface area contributed by atoms with Gasteiger partial charge in [0, 0.05) is 14.1 Å². The summed E-state index contributed by atoms with van der Waals surface area (Å²) < 4.78 is 9.28. The van der Waals surface area contributed by atoms with Crippen molar-refractivity contribution in [2.24, 2.45) is 14.1 Å². The highest BCUT2D eigenvalue weighted by atomic mass is 32.2. The summed E-state index contributed by atoms with van der Waals surface area (Å²) >= 11 is 0.906. The van der Waals surface area contributed by atoms with Gasteiger partial charge in [-0.3, -0.25) is 18.7 Å². The van der Waals surface area contributed by atoms with Crippen LogP contribution in [0, 0.1) is 6.92 Å². The topological polar surface area (TPSA) is 129 Å². The number of hydrogen-bond donors (Lipinski definition) is 2. The van der Waals surface area contributed by atoms with Gasteiger partial charge in [0.1, 0.15) is 18.5 Å². The van der Waals surface area contributed by atoms with E-state index in [1.807, 2.05) is 25.1 Å². The number of imidazole rings is 1. The van der Waals surface area contributed by atoms with E-state index >= 15 is 0 Å². The SMILES string of the molecule is Cc1ccccc1OCC(O)Cn1c(SCC(=O)O)nc2c1c(=O)n(C)c(=O)n2C. The molecule has 30 heavy (non-hydrogen) atoms. The summed E-state index contributed by atoms with van der Waals surface area (Å²) in [6.45, 7) is 1.79. The molecule has 2 aromatic heterocycles. The average Bonchev–Trinajstić information content (AvgIpc) is 3.06. The van der Waals surface area contributed by atoms with Crippen molar-refractivity contribution < 1.29 is 19.7 Å². The summed E-state index contributed by atoms with van der Waals surface area (Å²) in [4.78, 5) is 40.2. The Morgan fingerprint density at radius 2 is 1.93 bits per heavy atom. The first-order valence-corrected chi connectivity index (χ1v) is 10.1. The standard InChI is InChI=1S/C19H22N4O6S/c1-11-6-4-5-7-13(11)29-9-12(24)8-23-15-16(20-18(23)30-10-14(25)26)21(2)19(28)22(3)17(15)27/h4-7,12,24H,8-10H2,1-3H3,(H,25,26). The molecule has 0 saturated carbocycles. The van der Waals surface area contributed by atoms with E-state index in [-0.39, 0.29) is 35.2 Å². The zero-order valence-electron chi connectivity index (χ0n) is 16.7. The fourth-order valence-corrected chi connectivity index (χ4v) is 3.73. The summed E-state index contributed by atoms with van der Waals surface area (Å²) in [5.74, 6) is -0.706. The van der Waals surface area contributed by atoms with Gasteiger partial charge in [0.05, 0.1) is 12.3 Å². The quantitative estimate of drug-likeness (QED) is 0.486. The number of ether oxygens (including phenoxy) is 1. The summed E-state index contributed by atoms with van der Waals surface area (Å²) in [5, 5.41) is 19.8. The first-order valence-electron chi connectivity index (χ1n) is 9.08. The summed E-state index contributed by atoms with van der Waals surface area (Å²) in [5.41, 5.74) is 0.0370. The van der Waals surface area contributed by atoms with Crippen molar-refractivity contribution in [3.63, 3.8) is 0 Å². The van der Waals surface area contributed by atoms with Gasteiger partial charge in [-0.15, -0.1) is 0 Å². The molecule has 160 valence electrons. The maximum absolute atomic E-state index is 12.7. The molecular formula is C19H22N4O6S. The fraction of sp³-hybridized carbons (Fsp3) is 0.368. The van der Waals surface area contributed by atoms with Crippen LogP contribution in [0.4, 0.5) is 0 Å². The van der Waals surface area contributed by atoms with Crippen LogP contribution in [0.3, 0.4) is 0 Å². The number of thioether (sulfide) groups is 1. The van der Waals surface area contributed by atoms with Crippen molar-refractivity contribution in [1.82, 2.24) is 18.7 Å². The molecule has 3 rings (SSSR count). The number of fused-ring (bicyclic) bond motifs is 1. The lowest BCUT2D eigenvalue weighted by Crippen LogP contribution is -2.38. The molecule has 0 spiro atoms. The molecule has 11 heteroatoms. The third-order valence-corrected chi connectivity index (χ3v) is 5.52. The van der Waals surface area contributed by atoms with Gasteiger partial charge in [-0.25, -0.2) is 9.78 Å². The minimum absolute atomic E-state index is 0.0420. The van der Waals surface area contributed by atoms with Gasteiger partial charge in [-0.1, -0.05) is 30.0 Å². The van der Waals surface area contributed by atoms with Crippen LogP contribution in [0.5, 0.6) is 5.75 Å². The van der Waals surface area contributed by atoms with E-state index in [9.17, 15) is 19.5 Å². The van der Waals surface area contributed by atoms with Crippen LogP contribution in [-0.4, -0.2) is 53.3 Å². The normalized spacial score (nSPS) is 12.3. The number of aryl methyl sites for hydroxylation is 2. The van der Waals surface area contributed by atoms with E-state index in [0.717, 1.165) is 21.9 Å². The highest BCUT2D eigenvalue weighted by Crippen LogP contribution is 2.22. The zero-order valence-corrected chi connectivity index (χ0v) is 17.5. The Kier molecular flexibility index (Phi) is 6.32. The van der Waals surface area contributed by atoms with Crippen LogP contribution in [0.1, 0.15) is 5.56 Å². The van der Waals surface area contributed by atoms with Crippen molar-refractivity contribution >= 4 is 28.9 Å². The number of nitrogens with zero attached hydrogens (tertiary/aromatic N) is 4. The molecule has 2 N–H and O–H groups in total. The number of hydrogen-bond acceptors (Lipinski definition) is 7. The van der Waals surface area contributed by atoms with Crippen molar-refractivity contribution in [1.29, 1.82) is 0 Å².